The Morgan fingerprint density at radius 3 is 2.22 bits per heavy atom. The highest BCUT2D eigenvalue weighted by atomic mass is 35.5. The van der Waals surface area contributed by atoms with Gasteiger partial charge in [-0.25, -0.2) is 0 Å². The summed E-state index contributed by atoms with van der Waals surface area (Å²) in [5.41, 5.74) is 6.62. The van der Waals surface area contributed by atoms with Gasteiger partial charge in [0.2, 0.25) is 6.79 Å². The predicted molar refractivity (Wildman–Crippen MR) is 211 cm³/mol. The second kappa shape index (κ2) is 19.5. The molecule has 3 aliphatic heterocycles. The number of aryl methyl sites for hydroxylation is 2. The lowest BCUT2D eigenvalue weighted by molar-refractivity contribution is -0.135. The molecule has 0 atom stereocenters. The lowest BCUT2D eigenvalue weighted by atomic mass is 10.0. The second-order valence-corrected chi connectivity index (χ2v) is 13.7. The van der Waals surface area contributed by atoms with Crippen molar-refractivity contribution >= 4 is 65.3 Å². The maximum Gasteiger partial charge on any atom is 0.260 e. The summed E-state index contributed by atoms with van der Waals surface area (Å²) < 4.78 is 16.3. The van der Waals surface area contributed by atoms with Gasteiger partial charge in [0.05, 0.1) is 0 Å². The number of rotatable bonds is 9. The standard InChI is InChI=1S/C20H21ClN2O4.C19H23ClN2.2ClH/c21-16-2-4-17(5-3-16)25-13-20(24)23-9-7-22(8-10-23)12-15-1-6-18-19(11-15)27-14-26-18;1-21(2)12-5-13-22-18-7-4-3-6-15(18)8-9-16-10-11-17(20)14-19(16)22;;/h1-6,11H,7-10,12-14H2;3-4,6-7,10-11,14H,5,8-9,12-13H2,1-2H3;2*1H. The fraction of sp³-hybridized carbons (Fsp3) is 0.359. The van der Waals surface area contributed by atoms with Crippen molar-refractivity contribution in [1.29, 1.82) is 0 Å². The molecule has 51 heavy (non-hydrogen) atoms. The van der Waals surface area contributed by atoms with Crippen molar-refractivity contribution in [3.8, 4) is 17.2 Å². The van der Waals surface area contributed by atoms with Crippen LogP contribution in [0.5, 0.6) is 17.2 Å². The van der Waals surface area contributed by atoms with E-state index in [0.29, 0.717) is 23.9 Å². The van der Waals surface area contributed by atoms with Crippen molar-refractivity contribution in [2.45, 2.75) is 25.8 Å². The smallest absolute Gasteiger partial charge is 0.260 e. The first-order valence-electron chi connectivity index (χ1n) is 16.9. The van der Waals surface area contributed by atoms with Crippen molar-refractivity contribution in [3.05, 3.63) is 112 Å². The summed E-state index contributed by atoms with van der Waals surface area (Å²) in [6, 6.07) is 28.1. The van der Waals surface area contributed by atoms with Gasteiger partial charge in [0.25, 0.3) is 5.91 Å². The van der Waals surface area contributed by atoms with Crippen molar-refractivity contribution in [1.82, 2.24) is 14.7 Å². The van der Waals surface area contributed by atoms with Gasteiger partial charge in [-0.15, -0.1) is 24.8 Å². The van der Waals surface area contributed by atoms with Crippen LogP contribution in [0.4, 0.5) is 11.4 Å². The molecule has 1 saturated heterocycles. The fourth-order valence-electron chi connectivity index (χ4n) is 6.39. The van der Waals surface area contributed by atoms with E-state index < -0.39 is 0 Å². The maximum absolute atomic E-state index is 12.4. The summed E-state index contributed by atoms with van der Waals surface area (Å²) in [6.45, 7) is 6.35. The van der Waals surface area contributed by atoms with E-state index in [-0.39, 0.29) is 44.1 Å². The molecule has 1 fully saturated rings. The van der Waals surface area contributed by atoms with Crippen molar-refractivity contribution in [2.24, 2.45) is 0 Å². The number of benzene rings is 4. The average Bonchev–Trinajstić information content (AvgIpc) is 3.52. The van der Waals surface area contributed by atoms with Crippen LogP contribution in [0.1, 0.15) is 23.1 Å². The van der Waals surface area contributed by atoms with E-state index in [1.54, 1.807) is 24.3 Å². The number of fused-ring (bicyclic) bond motifs is 3. The van der Waals surface area contributed by atoms with Crippen LogP contribution in [0, 0.1) is 0 Å². The first-order chi connectivity index (χ1) is 23.8. The summed E-state index contributed by atoms with van der Waals surface area (Å²) in [7, 11) is 4.25. The van der Waals surface area contributed by atoms with Crippen LogP contribution in [0.15, 0.2) is 84.9 Å². The van der Waals surface area contributed by atoms with Gasteiger partial charge in [-0.1, -0.05) is 53.5 Å². The molecule has 7 rings (SSSR count). The number of carbonyl (C=O) groups is 1. The van der Waals surface area contributed by atoms with E-state index in [4.69, 9.17) is 37.4 Å². The molecule has 0 saturated carbocycles. The SMILES string of the molecule is CN(C)CCCN1c2ccccc2CCc2ccc(Cl)cc21.Cl.Cl.O=C(COc1ccc(Cl)cc1)N1CCN(Cc2ccc3c(c2)OCO3)CC1. The number of piperazine rings is 1. The quantitative estimate of drug-likeness (QED) is 0.170. The van der Waals surface area contributed by atoms with Crippen LogP contribution in [-0.4, -0.2) is 87.4 Å². The Balaban J connectivity index is 0.000000224. The molecule has 0 N–H and O–H groups in total. The normalized spacial score (nSPS) is 14.6. The molecule has 12 heteroatoms. The molecule has 1 amide bonds. The van der Waals surface area contributed by atoms with Crippen LogP contribution in [0.2, 0.25) is 10.0 Å². The summed E-state index contributed by atoms with van der Waals surface area (Å²) in [4.78, 5) is 21.2. The van der Waals surface area contributed by atoms with E-state index in [0.717, 1.165) is 68.5 Å². The van der Waals surface area contributed by atoms with Gasteiger partial charge >= 0.3 is 0 Å². The van der Waals surface area contributed by atoms with Crippen LogP contribution in [0.3, 0.4) is 0 Å². The maximum atomic E-state index is 12.4. The highest BCUT2D eigenvalue weighted by Gasteiger charge is 2.23. The number of para-hydroxylation sites is 1. The summed E-state index contributed by atoms with van der Waals surface area (Å²) in [5, 5.41) is 1.46. The second-order valence-electron chi connectivity index (χ2n) is 12.8. The summed E-state index contributed by atoms with van der Waals surface area (Å²) >= 11 is 12.1. The Morgan fingerprint density at radius 1 is 0.784 bits per heavy atom. The summed E-state index contributed by atoms with van der Waals surface area (Å²) in [6.07, 6.45) is 3.30. The Hall–Kier alpha value is -3.37. The zero-order valence-corrected chi connectivity index (χ0v) is 32.2. The highest BCUT2D eigenvalue weighted by molar-refractivity contribution is 6.31. The van der Waals surface area contributed by atoms with Gasteiger partial charge in [-0.2, -0.15) is 0 Å². The Labute approximate surface area is 324 Å². The molecule has 3 heterocycles. The van der Waals surface area contributed by atoms with E-state index >= 15 is 0 Å². The monoisotopic (exact) mass is 774 g/mol. The topological polar surface area (TPSA) is 57.7 Å². The van der Waals surface area contributed by atoms with Crippen LogP contribution >= 0.6 is 48.0 Å². The van der Waals surface area contributed by atoms with Gasteiger partial charge in [-0.05, 0) is 111 Å². The molecule has 0 aromatic heterocycles. The highest BCUT2D eigenvalue weighted by Crippen LogP contribution is 2.37. The van der Waals surface area contributed by atoms with Gasteiger partial charge in [0, 0.05) is 60.7 Å². The molecule has 0 radical (unpaired) electrons. The van der Waals surface area contributed by atoms with Crippen molar-refractivity contribution < 1.29 is 19.0 Å². The largest absolute Gasteiger partial charge is 0.484 e. The number of amides is 1. The molecular formula is C39H46Cl4N4O4. The minimum absolute atomic E-state index is 0. The Bertz CT molecular complexity index is 1720. The zero-order valence-electron chi connectivity index (χ0n) is 29.1. The molecule has 8 nitrogen and oxygen atoms in total. The Kier molecular flexibility index (Phi) is 15.4. The Morgan fingerprint density at radius 2 is 1.47 bits per heavy atom. The van der Waals surface area contributed by atoms with E-state index in [9.17, 15) is 4.79 Å². The van der Waals surface area contributed by atoms with E-state index in [1.807, 2.05) is 23.1 Å². The predicted octanol–water partition coefficient (Wildman–Crippen LogP) is 8.16. The molecule has 4 aromatic rings. The molecular weight excluding hydrogens is 730 g/mol. The number of halogens is 4. The number of carbonyl (C=O) groups excluding carboxylic acids is 1. The molecule has 0 aliphatic carbocycles. The molecule has 3 aliphatic rings. The van der Waals surface area contributed by atoms with Crippen LogP contribution < -0.4 is 19.1 Å². The molecule has 0 bridgehead atoms. The van der Waals surface area contributed by atoms with Gasteiger partial charge in [0.1, 0.15) is 5.75 Å². The molecule has 0 spiro atoms. The lowest BCUT2D eigenvalue weighted by Gasteiger charge is -2.34. The summed E-state index contributed by atoms with van der Waals surface area (Å²) in [5.74, 6) is 2.26. The minimum Gasteiger partial charge on any atom is -0.484 e. The third-order valence-corrected chi connectivity index (χ3v) is 9.50. The third kappa shape index (κ3) is 11.1. The first-order valence-corrected chi connectivity index (χ1v) is 17.6. The van der Waals surface area contributed by atoms with Crippen molar-refractivity contribution in [3.63, 3.8) is 0 Å². The number of hydrogen-bond acceptors (Lipinski definition) is 7. The van der Waals surface area contributed by atoms with E-state index in [1.165, 1.54) is 28.1 Å². The molecule has 0 unspecified atom stereocenters. The van der Waals surface area contributed by atoms with Crippen LogP contribution in [0.25, 0.3) is 0 Å². The number of hydrogen-bond donors (Lipinski definition) is 0. The van der Waals surface area contributed by atoms with E-state index in [2.05, 4.69) is 71.3 Å². The van der Waals surface area contributed by atoms with Crippen LogP contribution in [-0.2, 0) is 24.2 Å². The number of anilines is 2. The minimum atomic E-state index is 0. The first kappa shape index (κ1) is 40.4. The lowest BCUT2D eigenvalue weighted by Crippen LogP contribution is -2.49. The van der Waals surface area contributed by atoms with Gasteiger partial charge in [-0.3, -0.25) is 9.69 Å². The number of nitrogens with zero attached hydrogens (tertiary/aromatic N) is 4. The molecule has 4 aromatic carbocycles. The third-order valence-electron chi connectivity index (χ3n) is 9.02. The zero-order chi connectivity index (χ0) is 34.2. The fourth-order valence-corrected chi connectivity index (χ4v) is 6.68. The average molecular weight is 777 g/mol. The number of ether oxygens (including phenoxy) is 3. The van der Waals surface area contributed by atoms with Gasteiger partial charge < -0.3 is 28.9 Å². The van der Waals surface area contributed by atoms with Crippen molar-refractivity contribution in [2.75, 3.05) is 71.7 Å². The molecule has 274 valence electrons. The van der Waals surface area contributed by atoms with Gasteiger partial charge in [0.15, 0.2) is 18.1 Å².